The van der Waals surface area contributed by atoms with Gasteiger partial charge in [0, 0.05) is 19.3 Å². The maximum atomic E-state index is 12.1. The van der Waals surface area contributed by atoms with Crippen LogP contribution in [-0.4, -0.2) is 35.4 Å². The maximum Gasteiger partial charge on any atom is 0.270 e. The molecule has 3 N–H and O–H groups in total. The summed E-state index contributed by atoms with van der Waals surface area (Å²) in [4.78, 5) is 17.0. The Morgan fingerprint density at radius 1 is 1.59 bits per heavy atom. The van der Waals surface area contributed by atoms with Gasteiger partial charge in [-0.25, -0.2) is 0 Å². The summed E-state index contributed by atoms with van der Waals surface area (Å²) in [6, 6.07) is 3.68. The molecule has 0 bridgehead atoms. The molecule has 96 valence electrons. The minimum atomic E-state index is 0. The van der Waals surface area contributed by atoms with Crippen LogP contribution >= 0.6 is 12.4 Å². The molecule has 0 aliphatic carbocycles. The summed E-state index contributed by atoms with van der Waals surface area (Å²) in [6.45, 7) is 2.45. The molecule has 1 atom stereocenters. The van der Waals surface area contributed by atoms with Crippen LogP contribution in [0.4, 0.5) is 0 Å². The van der Waals surface area contributed by atoms with Crippen LogP contribution in [-0.2, 0) is 0 Å². The predicted molar refractivity (Wildman–Crippen MR) is 70.3 cm³/mol. The van der Waals surface area contributed by atoms with Crippen molar-refractivity contribution in [3.63, 3.8) is 0 Å². The normalized spacial score (nSPS) is 19.8. The van der Waals surface area contributed by atoms with E-state index in [1.807, 2.05) is 17.0 Å². The molecule has 5 heteroatoms. The Labute approximate surface area is 108 Å². The number of nitrogens with two attached hydrogens (primary N) is 1. The number of carbonyl (C=O) groups is 1. The Kier molecular flexibility index (Phi) is 5.51. The summed E-state index contributed by atoms with van der Waals surface area (Å²) >= 11 is 0. The van der Waals surface area contributed by atoms with Crippen LogP contribution in [0.1, 0.15) is 29.8 Å². The molecule has 1 fully saturated rings. The number of rotatable bonds is 3. The number of aromatic amines is 1. The van der Waals surface area contributed by atoms with Crippen molar-refractivity contribution >= 4 is 18.3 Å². The third kappa shape index (κ3) is 3.48. The fourth-order valence-electron chi connectivity index (χ4n) is 2.35. The lowest BCUT2D eigenvalue weighted by molar-refractivity contribution is 0.0664. The Hall–Kier alpha value is -1.00. The van der Waals surface area contributed by atoms with E-state index in [0.29, 0.717) is 11.6 Å². The molecule has 1 unspecified atom stereocenters. The van der Waals surface area contributed by atoms with Gasteiger partial charge in [-0.3, -0.25) is 4.79 Å². The number of nitrogens with one attached hydrogen (secondary N) is 1. The fourth-order valence-corrected chi connectivity index (χ4v) is 2.35. The molecule has 1 aliphatic heterocycles. The predicted octanol–water partition coefficient (Wildman–Crippen LogP) is 1.64. The second kappa shape index (κ2) is 6.67. The van der Waals surface area contributed by atoms with E-state index in [1.54, 1.807) is 6.20 Å². The zero-order valence-corrected chi connectivity index (χ0v) is 10.7. The zero-order chi connectivity index (χ0) is 11.4. The molecule has 0 spiro atoms. The van der Waals surface area contributed by atoms with Gasteiger partial charge < -0.3 is 15.6 Å². The number of hydrogen-bond donors (Lipinski definition) is 2. The second-order valence-corrected chi connectivity index (χ2v) is 4.42. The van der Waals surface area contributed by atoms with Gasteiger partial charge in [0.2, 0.25) is 0 Å². The van der Waals surface area contributed by atoms with E-state index in [2.05, 4.69) is 4.98 Å². The lowest BCUT2D eigenvalue weighted by Gasteiger charge is -2.32. The average Bonchev–Trinajstić information content (AvgIpc) is 2.82. The number of amides is 1. The maximum absolute atomic E-state index is 12.1. The average molecular weight is 258 g/mol. The van der Waals surface area contributed by atoms with Crippen LogP contribution in [0.2, 0.25) is 0 Å². The van der Waals surface area contributed by atoms with Crippen LogP contribution < -0.4 is 5.73 Å². The molecule has 17 heavy (non-hydrogen) atoms. The van der Waals surface area contributed by atoms with E-state index < -0.39 is 0 Å². The van der Waals surface area contributed by atoms with Gasteiger partial charge in [-0.15, -0.1) is 12.4 Å². The molecule has 1 aromatic heterocycles. The molecular formula is C12H20ClN3O. The highest BCUT2D eigenvalue weighted by Gasteiger charge is 2.24. The summed E-state index contributed by atoms with van der Waals surface area (Å²) in [6.07, 6.45) is 5.10. The number of aromatic nitrogens is 1. The van der Waals surface area contributed by atoms with Crippen LogP contribution in [0.15, 0.2) is 18.3 Å². The van der Waals surface area contributed by atoms with Gasteiger partial charge in [-0.05, 0) is 43.9 Å². The first-order valence-corrected chi connectivity index (χ1v) is 5.94. The molecule has 1 amide bonds. The minimum Gasteiger partial charge on any atom is -0.357 e. The Morgan fingerprint density at radius 3 is 3.06 bits per heavy atom. The summed E-state index contributed by atoms with van der Waals surface area (Å²) in [7, 11) is 0. The smallest absolute Gasteiger partial charge is 0.270 e. The number of likely N-dealkylation sites (tertiary alicyclic amines) is 1. The van der Waals surface area contributed by atoms with Gasteiger partial charge in [-0.1, -0.05) is 0 Å². The van der Waals surface area contributed by atoms with Crippen molar-refractivity contribution in [2.75, 3.05) is 19.6 Å². The first-order chi connectivity index (χ1) is 7.81. The summed E-state index contributed by atoms with van der Waals surface area (Å²) in [5.41, 5.74) is 6.25. The largest absolute Gasteiger partial charge is 0.357 e. The highest BCUT2D eigenvalue weighted by molar-refractivity contribution is 5.92. The molecule has 0 saturated carbocycles. The molecule has 1 aliphatic rings. The van der Waals surface area contributed by atoms with E-state index in [9.17, 15) is 4.79 Å². The minimum absolute atomic E-state index is 0. The standard InChI is InChI=1S/C12H19N3O.ClH/c13-6-5-10-3-2-8-15(9-10)12(16)11-4-1-7-14-11;/h1,4,7,10,14H,2-3,5-6,8-9,13H2;1H. The Morgan fingerprint density at radius 2 is 2.41 bits per heavy atom. The summed E-state index contributed by atoms with van der Waals surface area (Å²) in [5.74, 6) is 0.699. The third-order valence-electron chi connectivity index (χ3n) is 3.21. The lowest BCUT2D eigenvalue weighted by Crippen LogP contribution is -2.40. The Bertz CT molecular complexity index is 338. The monoisotopic (exact) mass is 257 g/mol. The number of H-pyrrole nitrogens is 1. The van der Waals surface area contributed by atoms with E-state index in [0.717, 1.165) is 32.5 Å². The summed E-state index contributed by atoms with van der Waals surface area (Å²) in [5, 5.41) is 0. The van der Waals surface area contributed by atoms with Crippen LogP contribution in [0.25, 0.3) is 0 Å². The molecule has 2 rings (SSSR count). The fraction of sp³-hybridized carbons (Fsp3) is 0.583. The van der Waals surface area contributed by atoms with Crippen molar-refractivity contribution in [2.45, 2.75) is 19.3 Å². The van der Waals surface area contributed by atoms with Crippen molar-refractivity contribution < 1.29 is 4.79 Å². The molecular weight excluding hydrogens is 238 g/mol. The highest BCUT2D eigenvalue weighted by atomic mass is 35.5. The van der Waals surface area contributed by atoms with Crippen molar-refractivity contribution in [2.24, 2.45) is 11.7 Å². The number of carbonyl (C=O) groups excluding carboxylic acids is 1. The second-order valence-electron chi connectivity index (χ2n) is 4.42. The third-order valence-corrected chi connectivity index (χ3v) is 3.21. The number of piperidine rings is 1. The van der Waals surface area contributed by atoms with E-state index in [-0.39, 0.29) is 18.3 Å². The van der Waals surface area contributed by atoms with Gasteiger partial charge in [-0.2, -0.15) is 0 Å². The molecule has 0 aromatic carbocycles. The lowest BCUT2D eigenvalue weighted by atomic mass is 9.95. The van der Waals surface area contributed by atoms with Gasteiger partial charge in [0.25, 0.3) is 5.91 Å². The molecule has 2 heterocycles. The quantitative estimate of drug-likeness (QED) is 0.865. The summed E-state index contributed by atoms with van der Waals surface area (Å²) < 4.78 is 0. The van der Waals surface area contributed by atoms with E-state index in [4.69, 9.17) is 5.73 Å². The van der Waals surface area contributed by atoms with Gasteiger partial charge in [0.1, 0.15) is 5.69 Å². The molecule has 4 nitrogen and oxygen atoms in total. The van der Waals surface area contributed by atoms with Gasteiger partial charge >= 0.3 is 0 Å². The first-order valence-electron chi connectivity index (χ1n) is 5.94. The molecule has 0 radical (unpaired) electrons. The Balaban J connectivity index is 0.00000144. The van der Waals surface area contributed by atoms with E-state index in [1.165, 1.54) is 6.42 Å². The van der Waals surface area contributed by atoms with Gasteiger partial charge in [0.05, 0.1) is 0 Å². The SMILES string of the molecule is Cl.NCCC1CCCN(C(=O)c2ccc[nH]2)C1. The van der Waals surface area contributed by atoms with Crippen LogP contribution in [0.5, 0.6) is 0 Å². The van der Waals surface area contributed by atoms with Crippen LogP contribution in [0.3, 0.4) is 0 Å². The highest BCUT2D eigenvalue weighted by Crippen LogP contribution is 2.20. The number of nitrogens with zero attached hydrogens (tertiary/aromatic N) is 1. The van der Waals surface area contributed by atoms with E-state index >= 15 is 0 Å². The molecule has 1 saturated heterocycles. The molecule has 1 aromatic rings. The topological polar surface area (TPSA) is 62.1 Å². The first kappa shape index (κ1) is 14.1. The number of hydrogen-bond acceptors (Lipinski definition) is 2. The van der Waals surface area contributed by atoms with Gasteiger partial charge in [0.15, 0.2) is 0 Å². The zero-order valence-electron chi connectivity index (χ0n) is 9.89. The van der Waals surface area contributed by atoms with Crippen molar-refractivity contribution in [3.8, 4) is 0 Å². The van der Waals surface area contributed by atoms with Crippen LogP contribution in [0, 0.1) is 5.92 Å². The van der Waals surface area contributed by atoms with Crippen molar-refractivity contribution in [3.05, 3.63) is 24.0 Å². The van der Waals surface area contributed by atoms with Crippen molar-refractivity contribution in [1.82, 2.24) is 9.88 Å². The number of halogens is 1. The van der Waals surface area contributed by atoms with Crippen molar-refractivity contribution in [1.29, 1.82) is 0 Å².